The fourth-order valence-electron chi connectivity index (χ4n) is 6.43. The van der Waals surface area contributed by atoms with Crippen LogP contribution in [-0.2, 0) is 38.3 Å². The van der Waals surface area contributed by atoms with Gasteiger partial charge in [0.2, 0.25) is 23.5 Å². The van der Waals surface area contributed by atoms with Gasteiger partial charge in [-0.15, -0.1) is 5.10 Å². The lowest BCUT2D eigenvalue weighted by atomic mass is 10.0. The first kappa shape index (κ1) is 34.4. The largest absolute Gasteiger partial charge is 0.416 e. The minimum Gasteiger partial charge on any atom is -0.377 e. The van der Waals surface area contributed by atoms with E-state index in [4.69, 9.17) is 16.3 Å². The van der Waals surface area contributed by atoms with Crippen LogP contribution in [0.25, 0.3) is 11.4 Å². The first-order valence-electron chi connectivity index (χ1n) is 16.0. The second kappa shape index (κ2) is 13.1. The molecule has 3 aliphatic rings. The van der Waals surface area contributed by atoms with E-state index in [0.717, 1.165) is 28.3 Å². The minimum atomic E-state index is -4.60. The van der Waals surface area contributed by atoms with Gasteiger partial charge in [0.05, 0.1) is 35.2 Å². The molecule has 3 amide bonds. The summed E-state index contributed by atoms with van der Waals surface area (Å²) in [6.45, 7) is 3.45. The molecular weight excluding hydrogens is 669 g/mol. The van der Waals surface area contributed by atoms with Gasteiger partial charge in [0, 0.05) is 40.3 Å². The monoisotopic (exact) mass is 704 g/mol. The molecule has 262 valence electrons. The topological polar surface area (TPSA) is 134 Å². The number of carbonyl (C=O) groups is 3. The maximum absolute atomic E-state index is 14.2. The normalized spacial score (nSPS) is 17.6. The van der Waals surface area contributed by atoms with E-state index in [-0.39, 0.29) is 47.9 Å². The molecule has 49 heavy (non-hydrogen) atoms. The average molecular weight is 705 g/mol. The van der Waals surface area contributed by atoms with Crippen molar-refractivity contribution < 1.29 is 32.3 Å². The van der Waals surface area contributed by atoms with Crippen molar-refractivity contribution in [3.63, 3.8) is 0 Å². The lowest BCUT2D eigenvalue weighted by Gasteiger charge is -2.38. The number of nitrogens with zero attached hydrogens (tertiary/aromatic N) is 7. The fourth-order valence-corrected chi connectivity index (χ4v) is 6.66. The smallest absolute Gasteiger partial charge is 0.377 e. The zero-order valence-electron chi connectivity index (χ0n) is 27.3. The van der Waals surface area contributed by atoms with Gasteiger partial charge in [0.1, 0.15) is 17.6 Å². The summed E-state index contributed by atoms with van der Waals surface area (Å²) >= 11 is 6.11. The lowest BCUT2D eigenvalue weighted by molar-refractivity contribution is -0.148. The van der Waals surface area contributed by atoms with E-state index in [1.807, 2.05) is 17.9 Å². The fraction of sp³-hybridized carbons (Fsp3) is 0.500. The zero-order valence-corrected chi connectivity index (χ0v) is 28.0. The summed E-state index contributed by atoms with van der Waals surface area (Å²) in [5.74, 6) is -0.598. The number of amides is 3. The van der Waals surface area contributed by atoms with Crippen LogP contribution in [0.15, 0.2) is 29.1 Å². The van der Waals surface area contributed by atoms with Gasteiger partial charge in [0.15, 0.2) is 5.82 Å². The second-order valence-corrected chi connectivity index (χ2v) is 13.0. The van der Waals surface area contributed by atoms with E-state index < -0.39 is 28.6 Å². The Morgan fingerprint density at radius 3 is 2.41 bits per heavy atom. The number of piperazine rings is 1. The molecule has 0 spiro atoms. The number of rotatable bonds is 8. The summed E-state index contributed by atoms with van der Waals surface area (Å²) in [5, 5.41) is 6.84. The average Bonchev–Trinajstić information content (AvgIpc) is 3.76. The van der Waals surface area contributed by atoms with Crippen molar-refractivity contribution in [2.45, 2.75) is 45.3 Å². The molecular formula is C32H36ClF3N8O5. The van der Waals surface area contributed by atoms with E-state index in [2.05, 4.69) is 15.4 Å². The zero-order chi connectivity index (χ0) is 35.2. The third kappa shape index (κ3) is 6.50. The first-order chi connectivity index (χ1) is 23.2. The molecule has 2 aliphatic heterocycles. The summed E-state index contributed by atoms with van der Waals surface area (Å²) < 4.78 is 47.7. The highest BCUT2D eigenvalue weighted by Gasteiger charge is 2.58. The van der Waals surface area contributed by atoms with Crippen molar-refractivity contribution >= 4 is 52.0 Å². The van der Waals surface area contributed by atoms with Crippen LogP contribution in [0.4, 0.5) is 24.5 Å². The number of carbonyl (C=O) groups excluding carboxylic acids is 3. The Morgan fingerprint density at radius 2 is 1.84 bits per heavy atom. The molecule has 3 aromatic rings. The Morgan fingerprint density at radius 1 is 1.12 bits per heavy atom. The molecule has 4 heterocycles. The SMILES string of the molecule is CCc1c(N2CCN(C(=O)C3(C(=O)N(C)C)CC3)CC2)c(=O)n2nc(C3=CCOCC3)nc2n1CC(=O)Nc1ccc(C(F)(F)F)cc1Cl. The van der Waals surface area contributed by atoms with Crippen LogP contribution >= 0.6 is 11.6 Å². The van der Waals surface area contributed by atoms with Gasteiger partial charge in [-0.05, 0) is 49.5 Å². The Balaban J connectivity index is 1.33. The van der Waals surface area contributed by atoms with E-state index >= 15 is 0 Å². The Bertz CT molecular complexity index is 1910. The molecule has 1 N–H and O–H groups in total. The molecule has 2 aromatic heterocycles. The third-order valence-corrected chi connectivity index (χ3v) is 9.45. The number of fused-ring (bicyclic) bond motifs is 1. The number of anilines is 2. The van der Waals surface area contributed by atoms with Crippen LogP contribution in [0.1, 0.15) is 43.3 Å². The molecule has 0 radical (unpaired) electrons. The van der Waals surface area contributed by atoms with Gasteiger partial charge in [-0.3, -0.25) is 19.2 Å². The van der Waals surface area contributed by atoms with Crippen LogP contribution in [0.5, 0.6) is 0 Å². The number of hydrogen-bond acceptors (Lipinski definition) is 8. The molecule has 6 rings (SSSR count). The summed E-state index contributed by atoms with van der Waals surface area (Å²) in [4.78, 5) is 63.5. The summed E-state index contributed by atoms with van der Waals surface area (Å²) in [5.41, 5.74) is -0.848. The van der Waals surface area contributed by atoms with Crippen LogP contribution in [0.2, 0.25) is 5.02 Å². The third-order valence-electron chi connectivity index (χ3n) is 9.14. The molecule has 2 fully saturated rings. The number of halogens is 4. The molecule has 1 saturated heterocycles. The standard InChI is InChI=1S/C32H36ClF3N8O5/c1-4-23-25(41-11-13-42(14-12-41)29(48)31(9-10-31)28(47)40(2)3)27(46)44-30(38-26(39-44)19-7-15-49-16-8-19)43(23)18-24(45)37-22-6-5-20(17-21(22)33)32(34,35)36/h5-7,17H,4,8-16,18H2,1-3H3,(H,37,45). The van der Waals surface area contributed by atoms with Crippen LogP contribution in [-0.4, -0.2) is 100 Å². The molecule has 0 atom stereocenters. The molecule has 0 bridgehead atoms. The van der Waals surface area contributed by atoms with Gasteiger partial charge in [-0.25, -0.2) is 0 Å². The summed E-state index contributed by atoms with van der Waals surface area (Å²) in [6.07, 6.45) is -0.930. The van der Waals surface area contributed by atoms with Crippen molar-refractivity contribution in [1.29, 1.82) is 0 Å². The highest BCUT2D eigenvalue weighted by Crippen LogP contribution is 2.48. The number of benzene rings is 1. The van der Waals surface area contributed by atoms with E-state index in [0.29, 0.717) is 69.2 Å². The molecule has 1 aliphatic carbocycles. The Labute approximate surface area is 284 Å². The van der Waals surface area contributed by atoms with Crippen molar-refractivity contribution in [3.05, 3.63) is 56.7 Å². The van der Waals surface area contributed by atoms with Crippen molar-refractivity contribution in [2.24, 2.45) is 5.41 Å². The number of aromatic nitrogens is 4. The maximum atomic E-state index is 14.2. The number of ether oxygens (including phenoxy) is 1. The molecule has 0 unspecified atom stereocenters. The summed E-state index contributed by atoms with van der Waals surface area (Å²) in [6, 6.07) is 2.65. The molecule has 1 saturated carbocycles. The van der Waals surface area contributed by atoms with Crippen LogP contribution in [0, 0.1) is 5.41 Å². The minimum absolute atomic E-state index is 0.00788. The van der Waals surface area contributed by atoms with Crippen molar-refractivity contribution in [3.8, 4) is 0 Å². The van der Waals surface area contributed by atoms with Gasteiger partial charge in [0.25, 0.3) is 5.56 Å². The Hall–Kier alpha value is -4.44. The van der Waals surface area contributed by atoms with Crippen LogP contribution in [0.3, 0.4) is 0 Å². The van der Waals surface area contributed by atoms with Gasteiger partial charge >= 0.3 is 6.18 Å². The molecule has 1 aromatic carbocycles. The number of hydrogen-bond donors (Lipinski definition) is 1. The highest BCUT2D eigenvalue weighted by molar-refractivity contribution is 6.33. The highest BCUT2D eigenvalue weighted by atomic mass is 35.5. The maximum Gasteiger partial charge on any atom is 0.416 e. The van der Waals surface area contributed by atoms with Crippen LogP contribution < -0.4 is 15.8 Å². The Kier molecular flexibility index (Phi) is 9.21. The second-order valence-electron chi connectivity index (χ2n) is 12.5. The lowest BCUT2D eigenvalue weighted by Crippen LogP contribution is -2.54. The van der Waals surface area contributed by atoms with E-state index in [1.54, 1.807) is 23.6 Å². The number of alkyl halides is 3. The van der Waals surface area contributed by atoms with Crippen molar-refractivity contribution in [2.75, 3.05) is 63.7 Å². The molecule has 13 nitrogen and oxygen atoms in total. The van der Waals surface area contributed by atoms with E-state index in [9.17, 15) is 32.3 Å². The predicted molar refractivity (Wildman–Crippen MR) is 174 cm³/mol. The van der Waals surface area contributed by atoms with Gasteiger partial charge in [-0.1, -0.05) is 24.6 Å². The van der Waals surface area contributed by atoms with Gasteiger partial charge in [-0.2, -0.15) is 22.7 Å². The van der Waals surface area contributed by atoms with Crippen molar-refractivity contribution in [1.82, 2.24) is 29.0 Å². The quantitative estimate of drug-likeness (QED) is 0.354. The predicted octanol–water partition coefficient (Wildman–Crippen LogP) is 3.09. The molecule has 17 heteroatoms. The number of nitrogens with one attached hydrogen (secondary N) is 1. The first-order valence-corrected chi connectivity index (χ1v) is 16.3. The van der Waals surface area contributed by atoms with Gasteiger partial charge < -0.3 is 29.3 Å². The van der Waals surface area contributed by atoms with E-state index in [1.165, 1.54) is 4.90 Å². The summed E-state index contributed by atoms with van der Waals surface area (Å²) in [7, 11) is 3.27.